The minimum Gasteiger partial charge on any atom is -0.468 e. The van der Waals surface area contributed by atoms with Gasteiger partial charge in [-0.3, -0.25) is 14.9 Å². The lowest BCUT2D eigenvalue weighted by Gasteiger charge is -2.37. The van der Waals surface area contributed by atoms with E-state index in [4.69, 9.17) is 4.74 Å². The highest BCUT2D eigenvalue weighted by Gasteiger charge is 2.44. The number of aliphatic hydroxyl groups is 3. The van der Waals surface area contributed by atoms with Crippen LogP contribution >= 0.6 is 0 Å². The van der Waals surface area contributed by atoms with Crippen LogP contribution in [-0.4, -0.2) is 64.2 Å². The zero-order chi connectivity index (χ0) is 18.4. The Morgan fingerprint density at radius 2 is 1.92 bits per heavy atom. The van der Waals surface area contributed by atoms with E-state index in [1.54, 1.807) is 30.3 Å². The van der Waals surface area contributed by atoms with E-state index >= 15 is 0 Å². The van der Waals surface area contributed by atoms with Gasteiger partial charge in [0.05, 0.1) is 6.61 Å². The molecule has 4 atom stereocenters. The molecule has 25 heavy (non-hydrogen) atoms. The first-order valence-corrected chi connectivity index (χ1v) is 7.44. The van der Waals surface area contributed by atoms with Crippen molar-refractivity contribution in [3.05, 3.63) is 30.3 Å². The van der Waals surface area contributed by atoms with E-state index in [1.165, 1.54) is 6.92 Å². The van der Waals surface area contributed by atoms with Gasteiger partial charge in [-0.15, -0.1) is 0 Å². The summed E-state index contributed by atoms with van der Waals surface area (Å²) in [6.45, 7) is 0.581. The number of hydrogen-bond acceptors (Lipinski definition) is 8. The van der Waals surface area contributed by atoms with Crippen LogP contribution < -0.4 is 10.6 Å². The van der Waals surface area contributed by atoms with Crippen molar-refractivity contribution in [1.29, 1.82) is 0 Å². The van der Waals surface area contributed by atoms with Crippen LogP contribution in [0.3, 0.4) is 0 Å². The van der Waals surface area contributed by atoms with Crippen molar-refractivity contribution in [3.8, 4) is 0 Å². The number of anilines is 1. The Morgan fingerprint density at radius 1 is 1.24 bits per heavy atom. The molecule has 10 nitrogen and oxygen atoms in total. The predicted molar refractivity (Wildman–Crippen MR) is 85.6 cm³/mol. The van der Waals surface area contributed by atoms with Gasteiger partial charge in [0.1, 0.15) is 18.2 Å². The van der Waals surface area contributed by atoms with E-state index in [9.17, 15) is 24.9 Å². The number of aliphatic hydroxyl groups excluding tert-OH is 3. The van der Waals surface area contributed by atoms with Crippen LogP contribution in [0.1, 0.15) is 6.92 Å². The van der Waals surface area contributed by atoms with Gasteiger partial charge >= 0.3 is 6.09 Å². The number of hydrogen-bond donors (Lipinski definition) is 5. The topological polar surface area (TPSA) is 150 Å². The van der Waals surface area contributed by atoms with Crippen LogP contribution in [0.5, 0.6) is 0 Å². The zero-order valence-electron chi connectivity index (χ0n) is 13.3. The molecule has 1 aliphatic heterocycles. The van der Waals surface area contributed by atoms with Gasteiger partial charge in [-0.1, -0.05) is 18.2 Å². The van der Waals surface area contributed by atoms with E-state index in [2.05, 4.69) is 20.6 Å². The van der Waals surface area contributed by atoms with Crippen LogP contribution in [0, 0.1) is 0 Å². The molecule has 10 heteroatoms. The summed E-state index contributed by atoms with van der Waals surface area (Å²) in [5.74, 6) is -0.876. The van der Waals surface area contributed by atoms with E-state index in [1.807, 2.05) is 0 Å². The van der Waals surface area contributed by atoms with E-state index in [0.717, 1.165) is 0 Å². The molecule has 0 spiro atoms. The van der Waals surface area contributed by atoms with Gasteiger partial charge < -0.3 is 25.4 Å². The second-order valence-corrected chi connectivity index (χ2v) is 5.30. The molecule has 1 fully saturated rings. The first kappa shape index (κ1) is 18.6. The summed E-state index contributed by atoms with van der Waals surface area (Å²) in [6, 6.07) is 7.22. The highest BCUT2D eigenvalue weighted by molar-refractivity contribution is 5.89. The number of oxime groups is 1. The summed E-state index contributed by atoms with van der Waals surface area (Å²) in [7, 11) is 0. The minimum atomic E-state index is -1.51. The molecular formula is C15H19N3O7. The van der Waals surface area contributed by atoms with Gasteiger partial charge in [-0.05, 0) is 17.3 Å². The fourth-order valence-corrected chi connectivity index (χ4v) is 2.20. The lowest BCUT2D eigenvalue weighted by molar-refractivity contribution is -0.126. The summed E-state index contributed by atoms with van der Waals surface area (Å²) in [5, 5.41) is 37.3. The molecular weight excluding hydrogens is 334 g/mol. The lowest BCUT2D eigenvalue weighted by atomic mass is 9.97. The second kappa shape index (κ2) is 8.42. The average molecular weight is 353 g/mol. The number of ether oxygens (including phenoxy) is 1. The van der Waals surface area contributed by atoms with Crippen molar-refractivity contribution < 1.29 is 34.5 Å². The summed E-state index contributed by atoms with van der Waals surface area (Å²) in [4.78, 5) is 27.7. The van der Waals surface area contributed by atoms with Crippen LogP contribution in [0.4, 0.5) is 10.5 Å². The molecule has 0 radical (unpaired) electrons. The molecule has 136 valence electrons. The maximum Gasteiger partial charge on any atom is 0.437 e. The molecule has 2 rings (SSSR count). The fourth-order valence-electron chi connectivity index (χ4n) is 2.20. The first-order chi connectivity index (χ1) is 11.9. The Bertz CT molecular complexity index is 637. The van der Waals surface area contributed by atoms with Crippen molar-refractivity contribution in [3.63, 3.8) is 0 Å². The third-order valence-corrected chi connectivity index (χ3v) is 3.39. The Labute approximate surface area is 143 Å². The van der Waals surface area contributed by atoms with Crippen molar-refractivity contribution in [2.45, 2.75) is 31.3 Å². The smallest absolute Gasteiger partial charge is 0.437 e. The lowest BCUT2D eigenvalue weighted by Crippen LogP contribution is -2.62. The Hall–Kier alpha value is -2.69. The SMILES string of the molecule is CC(=O)N[C@H]1/C(=N/OC(=O)Nc2ccccc2)O[C@H](CO)[C@@H](O)[C@@H]1O. The maximum absolute atomic E-state index is 11.7. The highest BCUT2D eigenvalue weighted by atomic mass is 16.7. The number of carbonyl (C=O) groups is 2. The van der Waals surface area contributed by atoms with Crippen LogP contribution in [0.25, 0.3) is 0 Å². The number of amides is 2. The monoisotopic (exact) mass is 353 g/mol. The third-order valence-electron chi connectivity index (χ3n) is 3.39. The van der Waals surface area contributed by atoms with Crippen molar-refractivity contribution in [2.24, 2.45) is 5.16 Å². The molecule has 5 N–H and O–H groups in total. The van der Waals surface area contributed by atoms with Gasteiger partial charge in [-0.25, -0.2) is 4.79 Å². The quantitative estimate of drug-likeness (QED) is 0.350. The minimum absolute atomic E-state index is 0.352. The Morgan fingerprint density at radius 3 is 2.52 bits per heavy atom. The molecule has 1 aliphatic rings. The first-order valence-electron chi connectivity index (χ1n) is 7.44. The number of rotatable bonds is 4. The standard InChI is InChI=1S/C15H19N3O7/c1-8(20)16-11-13(22)12(21)10(7-19)24-14(11)18-25-15(23)17-9-5-3-2-4-6-9/h2-6,10-13,19,21-22H,7H2,1H3,(H,16,20)(H,17,23)/b18-14-/t10-,11-,12-,13-/m1/s1. The van der Waals surface area contributed by atoms with Crippen LogP contribution in [-0.2, 0) is 14.4 Å². The molecule has 0 saturated carbocycles. The van der Waals surface area contributed by atoms with E-state index in [-0.39, 0.29) is 5.90 Å². The largest absolute Gasteiger partial charge is 0.468 e. The molecule has 2 amide bonds. The van der Waals surface area contributed by atoms with Crippen LogP contribution in [0.2, 0.25) is 0 Å². The number of benzene rings is 1. The van der Waals surface area contributed by atoms with Gasteiger partial charge in [0.2, 0.25) is 5.91 Å². The zero-order valence-corrected chi connectivity index (χ0v) is 13.3. The molecule has 1 saturated heterocycles. The molecule has 0 bridgehead atoms. The van der Waals surface area contributed by atoms with Gasteiger partial charge in [0, 0.05) is 12.6 Å². The van der Waals surface area contributed by atoms with Crippen molar-refractivity contribution in [2.75, 3.05) is 11.9 Å². The predicted octanol–water partition coefficient (Wildman–Crippen LogP) is -0.834. The van der Waals surface area contributed by atoms with E-state index < -0.39 is 43.0 Å². The van der Waals surface area contributed by atoms with Crippen LogP contribution in [0.15, 0.2) is 35.5 Å². The number of nitrogens with zero attached hydrogens (tertiary/aromatic N) is 1. The Balaban J connectivity index is 2.09. The number of nitrogens with one attached hydrogen (secondary N) is 2. The summed E-state index contributed by atoms with van der Waals surface area (Å²) in [5.41, 5.74) is 0.472. The third kappa shape index (κ3) is 4.89. The van der Waals surface area contributed by atoms with Crippen molar-refractivity contribution in [1.82, 2.24) is 5.32 Å². The molecule has 0 unspecified atom stereocenters. The Kier molecular flexibility index (Phi) is 6.28. The normalized spacial score (nSPS) is 27.3. The van der Waals surface area contributed by atoms with Crippen molar-refractivity contribution >= 4 is 23.6 Å². The molecule has 0 aromatic heterocycles. The van der Waals surface area contributed by atoms with Gasteiger partial charge in [0.15, 0.2) is 6.10 Å². The average Bonchev–Trinajstić information content (AvgIpc) is 2.59. The summed E-state index contributed by atoms with van der Waals surface area (Å²) >= 11 is 0. The van der Waals surface area contributed by atoms with E-state index in [0.29, 0.717) is 5.69 Å². The number of carbonyl (C=O) groups excluding carboxylic acids is 2. The maximum atomic E-state index is 11.7. The fraction of sp³-hybridized carbons (Fsp3) is 0.400. The summed E-state index contributed by atoms with van der Waals surface area (Å²) < 4.78 is 5.20. The highest BCUT2D eigenvalue weighted by Crippen LogP contribution is 2.18. The summed E-state index contributed by atoms with van der Waals surface area (Å²) in [6.07, 6.45) is -5.07. The number of para-hydroxylation sites is 1. The molecule has 1 aromatic carbocycles. The second-order valence-electron chi connectivity index (χ2n) is 5.30. The molecule has 0 aliphatic carbocycles. The molecule has 1 aromatic rings. The molecule has 1 heterocycles. The van der Waals surface area contributed by atoms with Gasteiger partial charge in [-0.2, -0.15) is 0 Å². The van der Waals surface area contributed by atoms with Gasteiger partial charge in [0.25, 0.3) is 5.90 Å².